The van der Waals surface area contributed by atoms with Crippen molar-refractivity contribution in [3.05, 3.63) is 71.8 Å². The van der Waals surface area contributed by atoms with Crippen LogP contribution < -0.4 is 5.73 Å². The molecule has 0 radical (unpaired) electrons. The van der Waals surface area contributed by atoms with Crippen molar-refractivity contribution in [1.29, 1.82) is 0 Å². The predicted molar refractivity (Wildman–Crippen MR) is 706 cm³/mol. The number of hydrogen-bond donors (Lipinski definition) is 2. The molecule has 2 aromatic rings. The van der Waals surface area contributed by atoms with Crippen LogP contribution in [0.2, 0.25) is 0 Å². The minimum atomic E-state index is -1.07. The number of hydrogen-bond acceptors (Lipinski definition) is 5. The molecular formula is C26H33N3O3S79. The first kappa shape index (κ1) is 120. The Kier molecular flexibility index (Phi) is 104. The molecule has 85 heteroatoms. The van der Waals surface area contributed by atoms with Gasteiger partial charge in [0, 0.05) is 739 Å². The van der Waals surface area contributed by atoms with Gasteiger partial charge in [0.15, 0.2) is 0 Å². The fraction of sp³-hybridized carbons (Fsp3) is 0.462. The van der Waals surface area contributed by atoms with Crippen LogP contribution in [0.5, 0.6) is 0 Å². The molecule has 2 aliphatic heterocycles. The van der Waals surface area contributed by atoms with Crippen LogP contribution in [-0.2, 0) is 717 Å². The molecule has 2 heterocycles. The van der Waals surface area contributed by atoms with Gasteiger partial charge in [-0.3, -0.25) is 4.79 Å². The molecule has 0 atom stereocenters. The maximum Gasteiger partial charge on any atom is 0.314 e. The quantitative estimate of drug-likeness (QED) is 0.482. The zero-order chi connectivity index (χ0) is 79.0. The summed E-state index contributed by atoms with van der Waals surface area (Å²) in [6.07, 6.45) is 3.69. The highest BCUT2D eigenvalue weighted by Crippen LogP contribution is 2.42. The van der Waals surface area contributed by atoms with E-state index in [1.165, 1.54) is 17.8 Å². The summed E-state index contributed by atoms with van der Waals surface area (Å²) in [5.74, 6) is 0.528. The van der Waals surface area contributed by atoms with Crippen molar-refractivity contribution in [3.63, 3.8) is 0 Å². The number of urea groups is 1. The SMILES string of the molecule is NC(=O)N1CCC(CC(=O)N2CCC(C(O)(c3ccccc3)c3ccccc3)CC2)CC1.S=S=S=S=S=S=S=S=S=S=S=S=S=S=S=S=S=S=S=S=S=S=S=S=S=S=S=S=S=S=S=S=S=S=S=S=S=S=S=S=S=S=S=S=S=S=S=S=S=S=S=S=S=S=S=S=S=S=S=S=S=S=S=S=S=S=S=S=S=S=S=S=S=S=S=S=S=S=S. The molecule has 2 aliphatic rings. The van der Waals surface area contributed by atoms with Gasteiger partial charge in [-0.15, -0.1) is 0 Å². The number of nitrogens with zero attached hydrogens (tertiary/aromatic N) is 2. The van der Waals surface area contributed by atoms with Gasteiger partial charge in [0.2, 0.25) is 5.91 Å². The van der Waals surface area contributed by atoms with Crippen LogP contribution >= 0.6 is 0 Å². The Morgan fingerprint density at radius 1 is 0.279 bits per heavy atom. The van der Waals surface area contributed by atoms with Crippen molar-refractivity contribution in [2.24, 2.45) is 17.6 Å². The molecule has 0 spiro atoms. The highest BCUT2D eigenvalue weighted by molar-refractivity contribution is 8.85. The Balaban J connectivity index is 0.000000814. The van der Waals surface area contributed by atoms with Crippen LogP contribution in [0.25, 0.3) is 0 Å². The summed E-state index contributed by atoms with van der Waals surface area (Å²) in [5.41, 5.74) is 6.08. The largest absolute Gasteiger partial charge is 0.380 e. The molecule has 2 aromatic carbocycles. The summed E-state index contributed by atoms with van der Waals surface area (Å²) in [4.78, 5) is 27.8. The lowest BCUT2D eigenvalue weighted by Crippen LogP contribution is -2.47. The zero-order valence-corrected chi connectivity index (χ0v) is 115. The average molecular weight is 2970 g/mol. The molecule has 3 amide bonds. The number of benzene rings is 2. The first-order valence-electron chi connectivity index (χ1n) is 24.6. The van der Waals surface area contributed by atoms with Gasteiger partial charge >= 0.3 is 6.03 Å². The van der Waals surface area contributed by atoms with Gasteiger partial charge in [-0.2, -0.15) is 0 Å². The van der Waals surface area contributed by atoms with Crippen molar-refractivity contribution >= 4 is 718 Å². The van der Waals surface area contributed by atoms with E-state index in [9.17, 15) is 14.7 Å². The first-order valence-corrected chi connectivity index (χ1v) is 129. The molecule has 0 bridgehead atoms. The minimum absolute atomic E-state index is 0.0372. The van der Waals surface area contributed by atoms with E-state index in [4.69, 9.17) is 28.1 Å². The van der Waals surface area contributed by atoms with E-state index in [0.717, 1.165) is 36.8 Å². The Bertz CT molecular complexity index is 7190. The molecule has 2 saturated heterocycles. The maximum absolute atomic E-state index is 12.9. The summed E-state index contributed by atoms with van der Waals surface area (Å²) in [6.45, 7) is 2.59. The summed E-state index contributed by atoms with van der Waals surface area (Å²) >= 11 is 9.65. The monoisotopic (exact) mass is 2960 g/mol. The van der Waals surface area contributed by atoms with Crippen LogP contribution in [0, 0.1) is 11.8 Å². The average Bonchev–Trinajstić information content (AvgIpc) is 0.768. The van der Waals surface area contributed by atoms with Gasteiger partial charge in [0.1, 0.15) is 5.60 Å². The normalized spacial score (nSPS) is 10.9. The Labute approximate surface area is 872 Å². The molecule has 0 unspecified atom stereocenters. The second kappa shape index (κ2) is 96.2. The minimum Gasteiger partial charge on any atom is -0.380 e. The molecule has 644 valence electrons. The maximum atomic E-state index is 12.9. The number of primary amides is 1. The lowest BCUT2D eigenvalue weighted by Gasteiger charge is -2.42. The van der Waals surface area contributed by atoms with Crippen LogP contribution in [0.1, 0.15) is 43.2 Å². The van der Waals surface area contributed by atoms with Gasteiger partial charge in [-0.1, -0.05) is 60.7 Å². The number of carbonyl (C=O) groups excluding carboxylic acids is 2. The fourth-order valence-electron chi connectivity index (χ4n) is 6.15. The van der Waals surface area contributed by atoms with E-state index in [2.05, 4.69) is 0 Å². The van der Waals surface area contributed by atoms with E-state index in [0.29, 0.717) is 38.5 Å². The van der Waals surface area contributed by atoms with E-state index in [1.54, 1.807) is 111 Å². The van der Waals surface area contributed by atoms with Crippen molar-refractivity contribution in [2.75, 3.05) is 26.2 Å². The third-order valence-electron chi connectivity index (χ3n) is 9.37. The van der Waals surface area contributed by atoms with Crippen LogP contribution in [0.15, 0.2) is 60.7 Å². The molecule has 111 heavy (non-hydrogen) atoms. The highest BCUT2D eigenvalue weighted by Gasteiger charge is 2.42. The van der Waals surface area contributed by atoms with Gasteiger partial charge in [-0.25, -0.2) is 4.79 Å². The summed E-state index contributed by atoms with van der Waals surface area (Å²) in [6, 6.07) is 19.4. The second-order valence-corrected chi connectivity index (χ2v) is 151. The van der Waals surface area contributed by atoms with Crippen molar-refractivity contribution in [2.45, 2.75) is 37.7 Å². The van der Waals surface area contributed by atoms with Crippen molar-refractivity contribution < 1.29 is 14.7 Å². The van der Waals surface area contributed by atoms with E-state index in [-0.39, 0.29) is 17.9 Å². The first-order chi connectivity index (χ1) is 54.9. The molecule has 3 N–H and O–H groups in total. The number of nitrogens with two attached hydrogens (primary N) is 1. The molecule has 6 nitrogen and oxygen atoms in total. The molecule has 0 aromatic heterocycles. The van der Waals surface area contributed by atoms with Gasteiger partial charge < -0.3 is 20.6 Å². The topological polar surface area (TPSA) is 86.9 Å². The lowest BCUT2D eigenvalue weighted by molar-refractivity contribution is -0.135. The smallest absolute Gasteiger partial charge is 0.314 e. The predicted octanol–water partition coefficient (Wildman–Crippen LogP) is 3.15. The second-order valence-electron chi connectivity index (χ2n) is 14.4. The standard InChI is InChI=1S/C26H33N3O3.S79/c27-25(31)29-15-11-20(12-16-29)19-24(30)28-17-13-23(14-18-28)26(32,21-7-3-1-4-8-21)22-9-5-2-6-10-22;1-3-5-7-9-11-13-15-17-19-21-23-25-27-29-31-33-35-37-39-41-43-45-47-49-51-53-55-57-59-61-63-65-67-69-71-73-75-77-79-78-76-74-72-70-68-66-64-62-60-58-56-54-52-50-48-46-44-42-40-38-36-34-32-30-28-26-24-22-20-18-16-14-12-10-8-6-4-2/h1-10,20,23,32H,11-19H2,(H2,27,31);. The third kappa shape index (κ3) is 76.3. The van der Waals surface area contributed by atoms with Crippen molar-refractivity contribution in [1.82, 2.24) is 9.80 Å². The third-order valence-corrected chi connectivity index (χ3v) is 178. The molecule has 0 saturated carbocycles. The summed E-state index contributed by atoms with van der Waals surface area (Å²) in [5, 5.41) is 12.0. The number of carbonyl (C=O) groups is 2. The Morgan fingerprint density at radius 2 is 0.441 bits per heavy atom. The fourth-order valence-corrected chi connectivity index (χ4v) is 212. The van der Waals surface area contributed by atoms with E-state index >= 15 is 0 Å². The summed E-state index contributed by atoms with van der Waals surface area (Å²) < 4.78 is 0. The van der Waals surface area contributed by atoms with Gasteiger partial charge in [0.25, 0.3) is 0 Å². The number of aliphatic hydroxyl groups is 1. The number of likely N-dealkylation sites (tertiary alicyclic amines) is 2. The molecule has 2 fully saturated rings. The molecular weight excluding hydrogens is 2940 g/mol. The van der Waals surface area contributed by atoms with Crippen molar-refractivity contribution in [3.8, 4) is 0 Å². The molecule has 4 rings (SSSR count). The number of piperidine rings is 2. The van der Waals surface area contributed by atoms with Crippen LogP contribution in [0.3, 0.4) is 0 Å². The van der Waals surface area contributed by atoms with Crippen LogP contribution in [-0.4, -0.2) is 53.0 Å². The Hall–Kier alpha value is 14.5. The Morgan fingerprint density at radius 3 is 0.604 bits per heavy atom. The van der Waals surface area contributed by atoms with E-state index in [1.807, 2.05) is 625 Å². The highest BCUT2D eigenvalue weighted by atomic mass is 33.6. The van der Waals surface area contributed by atoms with Crippen LogP contribution in [0.4, 0.5) is 4.79 Å². The van der Waals surface area contributed by atoms with Gasteiger partial charge in [-0.05, 0) is 48.6 Å². The van der Waals surface area contributed by atoms with E-state index < -0.39 is 5.60 Å². The number of rotatable bonds is 5. The zero-order valence-electron chi connectivity index (χ0n) is 50.8. The molecule has 0 aliphatic carbocycles. The number of amides is 3. The summed E-state index contributed by atoms with van der Waals surface area (Å²) in [7, 11) is 139. The van der Waals surface area contributed by atoms with Gasteiger partial charge in [0.05, 0.1) is 0 Å². The lowest BCUT2D eigenvalue weighted by atomic mass is 9.72.